The molecule has 1 aromatic heterocycles. The molecule has 0 saturated carbocycles. The number of guanidine groups is 1. The van der Waals surface area contributed by atoms with Gasteiger partial charge in [0.25, 0.3) is 0 Å². The van der Waals surface area contributed by atoms with Crippen LogP contribution in [0.15, 0.2) is 29.4 Å². The Morgan fingerprint density at radius 2 is 1.84 bits per heavy atom. The van der Waals surface area contributed by atoms with Crippen molar-refractivity contribution >= 4 is 17.7 Å². The third-order valence-corrected chi connectivity index (χ3v) is 4.87. The number of carbonyl (C=O) groups is 1. The normalized spacial score (nSPS) is 19.1. The number of likely N-dealkylation sites (tertiary alicyclic amines) is 1. The van der Waals surface area contributed by atoms with Gasteiger partial charge in [-0.05, 0) is 31.4 Å². The molecule has 1 amide bonds. The summed E-state index contributed by atoms with van der Waals surface area (Å²) in [4.78, 5) is 27.5. The third-order valence-electron chi connectivity index (χ3n) is 4.87. The molecule has 0 spiro atoms. The second-order valence-corrected chi connectivity index (χ2v) is 6.50. The Balaban J connectivity index is 1.47. The third kappa shape index (κ3) is 4.61. The molecule has 0 bridgehead atoms. The number of nitrogens with one attached hydrogen (secondary N) is 1. The summed E-state index contributed by atoms with van der Waals surface area (Å²) < 4.78 is 0. The minimum absolute atomic E-state index is 0.174. The van der Waals surface area contributed by atoms with E-state index in [1.807, 2.05) is 29.3 Å². The van der Waals surface area contributed by atoms with Crippen LogP contribution in [0.1, 0.15) is 19.3 Å². The van der Waals surface area contributed by atoms with Crippen molar-refractivity contribution in [2.75, 3.05) is 57.8 Å². The van der Waals surface area contributed by atoms with E-state index in [0.717, 1.165) is 63.9 Å². The highest BCUT2D eigenvalue weighted by molar-refractivity contribution is 5.86. The summed E-state index contributed by atoms with van der Waals surface area (Å²) >= 11 is 0. The molecule has 25 heavy (non-hydrogen) atoms. The standard InChI is InChI=1S/C18H28N6O/c1-19-18(21-15-17(25)23-9-5-2-6-10-23)24-13-11-22(12-14-24)16-7-3-4-8-20-16/h3-4,7-8H,2,5-6,9-15H2,1H3,(H,19,21). The van der Waals surface area contributed by atoms with Crippen LogP contribution in [-0.2, 0) is 4.79 Å². The van der Waals surface area contributed by atoms with Crippen LogP contribution in [0, 0.1) is 0 Å². The summed E-state index contributed by atoms with van der Waals surface area (Å²) in [6.07, 6.45) is 5.31. The average molecular weight is 344 g/mol. The minimum Gasteiger partial charge on any atom is -0.353 e. The van der Waals surface area contributed by atoms with Gasteiger partial charge in [0.2, 0.25) is 5.91 Å². The van der Waals surface area contributed by atoms with Gasteiger partial charge in [-0.2, -0.15) is 0 Å². The highest BCUT2D eigenvalue weighted by Crippen LogP contribution is 2.12. The molecular formula is C18H28N6O. The van der Waals surface area contributed by atoms with E-state index in [9.17, 15) is 4.79 Å². The van der Waals surface area contributed by atoms with Crippen LogP contribution in [0.2, 0.25) is 0 Å². The Morgan fingerprint density at radius 1 is 1.08 bits per heavy atom. The van der Waals surface area contributed by atoms with Crippen molar-refractivity contribution in [2.45, 2.75) is 19.3 Å². The fraction of sp³-hybridized carbons (Fsp3) is 0.611. The smallest absolute Gasteiger partial charge is 0.241 e. The molecule has 2 aliphatic heterocycles. The number of piperidine rings is 1. The summed E-state index contributed by atoms with van der Waals surface area (Å²) in [5.41, 5.74) is 0. The fourth-order valence-electron chi connectivity index (χ4n) is 3.43. The largest absolute Gasteiger partial charge is 0.353 e. The second kappa shape index (κ2) is 8.69. The number of nitrogens with zero attached hydrogens (tertiary/aromatic N) is 5. The number of carbonyl (C=O) groups excluding carboxylic acids is 1. The van der Waals surface area contributed by atoms with Gasteiger partial charge in [0.15, 0.2) is 5.96 Å². The molecule has 136 valence electrons. The fourth-order valence-corrected chi connectivity index (χ4v) is 3.43. The van der Waals surface area contributed by atoms with Gasteiger partial charge in [0.05, 0.1) is 6.54 Å². The van der Waals surface area contributed by atoms with Crippen LogP contribution in [-0.4, -0.2) is 79.5 Å². The summed E-state index contributed by atoms with van der Waals surface area (Å²) in [6, 6.07) is 5.99. The van der Waals surface area contributed by atoms with Gasteiger partial charge in [-0.15, -0.1) is 0 Å². The Morgan fingerprint density at radius 3 is 2.48 bits per heavy atom. The Hall–Kier alpha value is -2.31. The minimum atomic E-state index is 0.174. The van der Waals surface area contributed by atoms with Gasteiger partial charge in [-0.3, -0.25) is 9.79 Å². The Bertz CT molecular complexity index is 576. The number of anilines is 1. The Kier molecular flexibility index (Phi) is 6.09. The maximum Gasteiger partial charge on any atom is 0.241 e. The Labute approximate surface area is 149 Å². The van der Waals surface area contributed by atoms with Gasteiger partial charge < -0.3 is 20.0 Å². The molecule has 1 N–H and O–H groups in total. The van der Waals surface area contributed by atoms with Crippen LogP contribution >= 0.6 is 0 Å². The molecule has 0 radical (unpaired) electrons. The topological polar surface area (TPSA) is 64.1 Å². The van der Waals surface area contributed by atoms with E-state index in [-0.39, 0.29) is 5.91 Å². The monoisotopic (exact) mass is 344 g/mol. The molecule has 0 atom stereocenters. The molecule has 7 heteroatoms. The lowest BCUT2D eigenvalue weighted by atomic mass is 10.1. The maximum absolute atomic E-state index is 12.3. The van der Waals surface area contributed by atoms with Crippen LogP contribution in [0.25, 0.3) is 0 Å². The summed E-state index contributed by atoms with van der Waals surface area (Å²) in [5, 5.41) is 3.24. The number of hydrogen-bond donors (Lipinski definition) is 1. The predicted molar refractivity (Wildman–Crippen MR) is 99.8 cm³/mol. The van der Waals surface area contributed by atoms with E-state index in [2.05, 4.69) is 25.1 Å². The van der Waals surface area contributed by atoms with Crippen molar-refractivity contribution in [1.29, 1.82) is 0 Å². The van der Waals surface area contributed by atoms with Gasteiger partial charge in [-0.25, -0.2) is 4.98 Å². The zero-order chi connectivity index (χ0) is 17.5. The zero-order valence-electron chi connectivity index (χ0n) is 15.0. The molecule has 0 aliphatic carbocycles. The molecule has 3 heterocycles. The van der Waals surface area contributed by atoms with Crippen molar-refractivity contribution in [1.82, 2.24) is 20.1 Å². The van der Waals surface area contributed by atoms with Crippen molar-refractivity contribution in [3.05, 3.63) is 24.4 Å². The number of rotatable bonds is 3. The average Bonchev–Trinajstić information content (AvgIpc) is 2.70. The number of piperazine rings is 1. The van der Waals surface area contributed by atoms with Crippen molar-refractivity contribution < 1.29 is 4.79 Å². The molecule has 0 aromatic carbocycles. The lowest BCUT2D eigenvalue weighted by Gasteiger charge is -2.37. The molecule has 0 unspecified atom stereocenters. The number of aromatic nitrogens is 1. The van der Waals surface area contributed by atoms with E-state index >= 15 is 0 Å². The van der Waals surface area contributed by atoms with Crippen LogP contribution in [0.4, 0.5) is 5.82 Å². The quantitative estimate of drug-likeness (QED) is 0.649. The van der Waals surface area contributed by atoms with E-state index in [0.29, 0.717) is 6.54 Å². The van der Waals surface area contributed by atoms with Crippen molar-refractivity contribution in [3.8, 4) is 0 Å². The molecule has 2 saturated heterocycles. The molecular weight excluding hydrogens is 316 g/mol. The molecule has 1 aromatic rings. The number of aliphatic imine (C=N–C) groups is 1. The first kappa shape index (κ1) is 17.5. The van der Waals surface area contributed by atoms with Crippen LogP contribution in [0.5, 0.6) is 0 Å². The first-order valence-electron chi connectivity index (χ1n) is 9.17. The molecule has 3 rings (SSSR count). The molecule has 2 aliphatic rings. The lowest BCUT2D eigenvalue weighted by molar-refractivity contribution is -0.130. The van der Waals surface area contributed by atoms with Crippen LogP contribution in [0.3, 0.4) is 0 Å². The number of amides is 1. The SMILES string of the molecule is CN=C(NCC(=O)N1CCCCC1)N1CCN(c2ccccn2)CC1. The summed E-state index contributed by atoms with van der Waals surface area (Å²) in [7, 11) is 1.78. The van der Waals surface area contributed by atoms with Gasteiger partial charge in [0.1, 0.15) is 5.82 Å². The highest BCUT2D eigenvalue weighted by atomic mass is 16.2. The maximum atomic E-state index is 12.3. The first-order valence-corrected chi connectivity index (χ1v) is 9.17. The van der Waals surface area contributed by atoms with E-state index in [1.54, 1.807) is 7.05 Å². The number of pyridine rings is 1. The van der Waals surface area contributed by atoms with Crippen molar-refractivity contribution in [3.63, 3.8) is 0 Å². The molecule has 7 nitrogen and oxygen atoms in total. The first-order chi connectivity index (χ1) is 12.3. The van der Waals surface area contributed by atoms with Gasteiger partial charge >= 0.3 is 0 Å². The molecule has 2 fully saturated rings. The zero-order valence-corrected chi connectivity index (χ0v) is 15.0. The van der Waals surface area contributed by atoms with E-state index in [1.165, 1.54) is 6.42 Å². The van der Waals surface area contributed by atoms with Crippen molar-refractivity contribution in [2.24, 2.45) is 4.99 Å². The lowest BCUT2D eigenvalue weighted by Crippen LogP contribution is -2.54. The second-order valence-electron chi connectivity index (χ2n) is 6.50. The number of hydrogen-bond acceptors (Lipinski definition) is 4. The van der Waals surface area contributed by atoms with Gasteiger partial charge in [-0.1, -0.05) is 6.07 Å². The van der Waals surface area contributed by atoms with Crippen LogP contribution < -0.4 is 10.2 Å². The summed E-state index contributed by atoms with van der Waals surface area (Å²) in [6.45, 7) is 5.65. The predicted octanol–water partition coefficient (Wildman–Crippen LogP) is 0.792. The van der Waals surface area contributed by atoms with E-state index in [4.69, 9.17) is 0 Å². The van der Waals surface area contributed by atoms with E-state index < -0.39 is 0 Å². The summed E-state index contributed by atoms with van der Waals surface area (Å²) in [5.74, 6) is 2.00. The van der Waals surface area contributed by atoms with Gasteiger partial charge in [0, 0.05) is 52.5 Å². The highest BCUT2D eigenvalue weighted by Gasteiger charge is 2.22.